The molecule has 92 valence electrons. The molecule has 0 aliphatic heterocycles. The summed E-state index contributed by atoms with van der Waals surface area (Å²) in [6, 6.07) is 15.5. The summed E-state index contributed by atoms with van der Waals surface area (Å²) in [5.41, 5.74) is 7.88. The minimum absolute atomic E-state index is 0.422. The molecule has 0 atom stereocenters. The highest BCUT2D eigenvalue weighted by Crippen LogP contribution is 2.25. The number of amides is 1. The average molecular weight is 241 g/mol. The Bertz CT molecular complexity index is 550. The Balaban J connectivity index is 2.39. The number of hydrogen-bond acceptors (Lipinski definition) is 2. The van der Waals surface area contributed by atoms with Crippen LogP contribution in [0.3, 0.4) is 0 Å². The van der Waals surface area contributed by atoms with E-state index in [2.05, 4.69) is 0 Å². The first-order valence-corrected chi connectivity index (χ1v) is 5.72. The third-order valence-corrected chi connectivity index (χ3v) is 2.80. The lowest BCUT2D eigenvalue weighted by Gasteiger charge is -2.11. The third-order valence-electron chi connectivity index (χ3n) is 2.80. The van der Waals surface area contributed by atoms with Gasteiger partial charge < -0.3 is 10.5 Å². The molecule has 0 heterocycles. The van der Waals surface area contributed by atoms with E-state index in [4.69, 9.17) is 10.5 Å². The summed E-state index contributed by atoms with van der Waals surface area (Å²) in [4.78, 5) is 11.3. The number of hydrogen-bond donors (Lipinski definition) is 1. The van der Waals surface area contributed by atoms with Gasteiger partial charge in [-0.3, -0.25) is 4.79 Å². The lowest BCUT2D eigenvalue weighted by Crippen LogP contribution is -2.13. The van der Waals surface area contributed by atoms with E-state index in [1.165, 1.54) is 0 Å². The van der Waals surface area contributed by atoms with Gasteiger partial charge in [0.05, 0.1) is 12.7 Å². The summed E-state index contributed by atoms with van der Waals surface area (Å²) in [7, 11) is 1.55. The maximum atomic E-state index is 11.3. The number of benzene rings is 2. The van der Waals surface area contributed by atoms with Gasteiger partial charge in [-0.1, -0.05) is 42.5 Å². The Morgan fingerprint density at radius 3 is 2.44 bits per heavy atom. The largest absolute Gasteiger partial charge is 0.496 e. The molecule has 0 aliphatic rings. The Kier molecular flexibility index (Phi) is 3.63. The van der Waals surface area contributed by atoms with Gasteiger partial charge in [-0.15, -0.1) is 0 Å². The summed E-state index contributed by atoms with van der Waals surface area (Å²) in [5.74, 6) is 0.0932. The van der Waals surface area contributed by atoms with E-state index < -0.39 is 5.91 Å². The van der Waals surface area contributed by atoms with Gasteiger partial charge in [0, 0.05) is 6.42 Å². The first-order chi connectivity index (χ1) is 8.72. The summed E-state index contributed by atoms with van der Waals surface area (Å²) in [6.45, 7) is 0. The predicted octanol–water partition coefficient (Wildman–Crippen LogP) is 2.38. The molecule has 0 aromatic heterocycles. The first-order valence-electron chi connectivity index (χ1n) is 5.72. The summed E-state index contributed by atoms with van der Waals surface area (Å²) in [6.07, 6.45) is 0.713. The molecule has 0 aliphatic carbocycles. The van der Waals surface area contributed by atoms with E-state index in [0.29, 0.717) is 17.7 Å². The number of rotatable bonds is 4. The number of carbonyl (C=O) groups is 1. The minimum atomic E-state index is -0.471. The Hall–Kier alpha value is -2.29. The highest BCUT2D eigenvalue weighted by Gasteiger charge is 2.13. The van der Waals surface area contributed by atoms with Crippen LogP contribution in [0.5, 0.6) is 5.75 Å². The fraction of sp³-hybridized carbons (Fsp3) is 0.133. The SMILES string of the molecule is COc1c(Cc2ccccc2)cccc1C(N)=O. The highest BCUT2D eigenvalue weighted by molar-refractivity contribution is 5.96. The van der Waals surface area contributed by atoms with Crippen LogP contribution in [0.4, 0.5) is 0 Å². The smallest absolute Gasteiger partial charge is 0.252 e. The molecule has 2 N–H and O–H groups in total. The fourth-order valence-corrected chi connectivity index (χ4v) is 1.97. The van der Waals surface area contributed by atoms with Crippen LogP contribution in [0.1, 0.15) is 21.5 Å². The molecule has 0 spiro atoms. The lowest BCUT2D eigenvalue weighted by atomic mass is 10.0. The zero-order chi connectivity index (χ0) is 13.0. The molecule has 3 nitrogen and oxygen atoms in total. The van der Waals surface area contributed by atoms with E-state index >= 15 is 0 Å². The second-order valence-electron chi connectivity index (χ2n) is 4.02. The van der Waals surface area contributed by atoms with Crippen molar-refractivity contribution in [2.45, 2.75) is 6.42 Å². The number of para-hydroxylation sites is 1. The number of nitrogens with two attached hydrogens (primary N) is 1. The first kappa shape index (κ1) is 12.2. The van der Waals surface area contributed by atoms with Crippen LogP contribution in [0.15, 0.2) is 48.5 Å². The molecule has 0 saturated carbocycles. The molecule has 0 unspecified atom stereocenters. The van der Waals surface area contributed by atoms with E-state index in [-0.39, 0.29) is 0 Å². The van der Waals surface area contributed by atoms with E-state index in [1.807, 2.05) is 42.5 Å². The second-order valence-corrected chi connectivity index (χ2v) is 4.02. The van der Waals surface area contributed by atoms with E-state index in [0.717, 1.165) is 11.1 Å². The van der Waals surface area contributed by atoms with Crippen molar-refractivity contribution in [2.75, 3.05) is 7.11 Å². The molecule has 18 heavy (non-hydrogen) atoms. The maximum Gasteiger partial charge on any atom is 0.252 e. The van der Waals surface area contributed by atoms with Crippen molar-refractivity contribution < 1.29 is 9.53 Å². The molecule has 0 radical (unpaired) electrons. The highest BCUT2D eigenvalue weighted by atomic mass is 16.5. The van der Waals surface area contributed by atoms with Crippen molar-refractivity contribution in [3.63, 3.8) is 0 Å². The average Bonchev–Trinajstić information content (AvgIpc) is 2.39. The van der Waals surface area contributed by atoms with Crippen LogP contribution in [-0.4, -0.2) is 13.0 Å². The molecule has 2 aromatic carbocycles. The van der Waals surface area contributed by atoms with Gasteiger partial charge in [-0.25, -0.2) is 0 Å². The Morgan fingerprint density at radius 1 is 1.11 bits per heavy atom. The zero-order valence-corrected chi connectivity index (χ0v) is 10.2. The standard InChI is InChI=1S/C15H15NO2/c1-18-14-12(8-5-9-13(14)15(16)17)10-11-6-3-2-4-7-11/h2-9H,10H2,1H3,(H2,16,17). The van der Waals surface area contributed by atoms with Crippen LogP contribution in [0.25, 0.3) is 0 Å². The lowest BCUT2D eigenvalue weighted by molar-refractivity contribution is 0.0997. The van der Waals surface area contributed by atoms with Crippen molar-refractivity contribution >= 4 is 5.91 Å². The Morgan fingerprint density at radius 2 is 1.83 bits per heavy atom. The number of primary amides is 1. The van der Waals surface area contributed by atoms with Gasteiger partial charge in [0.2, 0.25) is 0 Å². The van der Waals surface area contributed by atoms with Gasteiger partial charge in [0.25, 0.3) is 5.91 Å². The number of methoxy groups -OCH3 is 1. The summed E-state index contributed by atoms with van der Waals surface area (Å²) in [5, 5.41) is 0. The van der Waals surface area contributed by atoms with Crippen molar-refractivity contribution in [3.05, 3.63) is 65.2 Å². The van der Waals surface area contributed by atoms with Crippen molar-refractivity contribution in [2.24, 2.45) is 5.73 Å². The maximum absolute atomic E-state index is 11.3. The normalized spacial score (nSPS) is 10.1. The van der Waals surface area contributed by atoms with Crippen LogP contribution in [-0.2, 0) is 6.42 Å². The van der Waals surface area contributed by atoms with E-state index in [9.17, 15) is 4.79 Å². The van der Waals surface area contributed by atoms with Gasteiger partial charge >= 0.3 is 0 Å². The van der Waals surface area contributed by atoms with Crippen molar-refractivity contribution in [3.8, 4) is 5.75 Å². The van der Waals surface area contributed by atoms with Gasteiger partial charge in [-0.05, 0) is 17.2 Å². The monoisotopic (exact) mass is 241 g/mol. The quantitative estimate of drug-likeness (QED) is 0.893. The topological polar surface area (TPSA) is 52.3 Å². The van der Waals surface area contributed by atoms with Crippen LogP contribution >= 0.6 is 0 Å². The van der Waals surface area contributed by atoms with Gasteiger partial charge in [0.15, 0.2) is 0 Å². The second kappa shape index (κ2) is 5.36. The molecular formula is C15H15NO2. The fourth-order valence-electron chi connectivity index (χ4n) is 1.97. The summed E-state index contributed by atoms with van der Waals surface area (Å²) < 4.78 is 5.31. The van der Waals surface area contributed by atoms with Gasteiger partial charge in [0.1, 0.15) is 5.75 Å². The molecule has 1 amide bonds. The Labute approximate surface area is 106 Å². The van der Waals surface area contributed by atoms with Crippen LogP contribution in [0, 0.1) is 0 Å². The molecule has 2 rings (SSSR count). The third kappa shape index (κ3) is 2.51. The molecule has 3 heteroatoms. The molecule has 0 fully saturated rings. The number of ether oxygens (including phenoxy) is 1. The zero-order valence-electron chi connectivity index (χ0n) is 10.2. The van der Waals surface area contributed by atoms with Gasteiger partial charge in [-0.2, -0.15) is 0 Å². The molecule has 2 aromatic rings. The molecule has 0 bridgehead atoms. The van der Waals surface area contributed by atoms with Crippen LogP contribution < -0.4 is 10.5 Å². The molecule has 0 saturated heterocycles. The van der Waals surface area contributed by atoms with E-state index in [1.54, 1.807) is 13.2 Å². The summed E-state index contributed by atoms with van der Waals surface area (Å²) >= 11 is 0. The van der Waals surface area contributed by atoms with Crippen molar-refractivity contribution in [1.29, 1.82) is 0 Å². The van der Waals surface area contributed by atoms with Crippen molar-refractivity contribution in [1.82, 2.24) is 0 Å². The molecular weight excluding hydrogens is 226 g/mol. The minimum Gasteiger partial charge on any atom is -0.496 e. The van der Waals surface area contributed by atoms with Crippen LogP contribution in [0.2, 0.25) is 0 Å². The number of carbonyl (C=O) groups excluding carboxylic acids is 1. The predicted molar refractivity (Wildman–Crippen MR) is 70.8 cm³/mol.